The van der Waals surface area contributed by atoms with Gasteiger partial charge in [0.15, 0.2) is 5.78 Å². The van der Waals surface area contributed by atoms with Crippen LogP contribution in [0.1, 0.15) is 22.3 Å². The van der Waals surface area contributed by atoms with Gasteiger partial charge in [-0.1, -0.05) is 11.6 Å². The number of hydrogen-bond acceptors (Lipinski definition) is 2. The van der Waals surface area contributed by atoms with Gasteiger partial charge in [0, 0.05) is 22.8 Å². The van der Waals surface area contributed by atoms with Crippen LogP contribution in [0.5, 0.6) is 0 Å². The molecular weight excluding hydrogens is 204 g/mol. The van der Waals surface area contributed by atoms with Crippen molar-refractivity contribution in [1.82, 2.24) is 0 Å². The molecule has 1 aromatic carbocycles. The Bertz CT molecular complexity index is 323. The van der Waals surface area contributed by atoms with Crippen molar-refractivity contribution in [3.8, 4) is 0 Å². The third-order valence-corrected chi connectivity index (χ3v) is 2.35. The first-order valence-electron chi connectivity index (χ1n) is 4.04. The molecule has 0 aliphatic heterocycles. The Kier molecular flexibility index (Phi) is 3.82. The summed E-state index contributed by atoms with van der Waals surface area (Å²) in [6, 6.07) is 5.61. The summed E-state index contributed by atoms with van der Waals surface area (Å²) in [5.41, 5.74) is 1.74. The maximum absolute atomic E-state index is 11.5. The molecule has 0 amide bonds. The SMILES string of the molecule is Cc1ccc(S)c(C(=O)CCCl)c1. The molecule has 1 aromatic rings. The molecule has 0 aliphatic rings. The quantitative estimate of drug-likeness (QED) is 0.465. The number of thiol groups is 1. The summed E-state index contributed by atoms with van der Waals surface area (Å²) >= 11 is 9.71. The standard InChI is InChI=1S/C10H11ClOS/c1-7-2-3-10(13)8(6-7)9(12)4-5-11/h2-3,6,13H,4-5H2,1H3. The molecule has 1 nitrogen and oxygen atoms in total. The molecule has 0 fully saturated rings. The summed E-state index contributed by atoms with van der Waals surface area (Å²) in [5, 5.41) is 0. The molecule has 0 N–H and O–H groups in total. The van der Waals surface area contributed by atoms with E-state index in [0.717, 1.165) is 10.5 Å². The van der Waals surface area contributed by atoms with Crippen LogP contribution >= 0.6 is 24.2 Å². The average molecular weight is 215 g/mol. The number of aryl methyl sites for hydroxylation is 1. The third kappa shape index (κ3) is 2.75. The van der Waals surface area contributed by atoms with E-state index < -0.39 is 0 Å². The number of benzene rings is 1. The molecule has 13 heavy (non-hydrogen) atoms. The van der Waals surface area contributed by atoms with Crippen LogP contribution in [0.2, 0.25) is 0 Å². The Morgan fingerprint density at radius 2 is 2.23 bits per heavy atom. The van der Waals surface area contributed by atoms with Gasteiger partial charge in [0.25, 0.3) is 0 Å². The number of hydrogen-bond donors (Lipinski definition) is 1. The van der Waals surface area contributed by atoms with Gasteiger partial charge < -0.3 is 0 Å². The summed E-state index contributed by atoms with van der Waals surface area (Å²) in [6.45, 7) is 1.95. The average Bonchev–Trinajstić information content (AvgIpc) is 2.09. The van der Waals surface area contributed by atoms with Crippen molar-refractivity contribution >= 4 is 30.0 Å². The van der Waals surface area contributed by atoms with Crippen molar-refractivity contribution in [3.05, 3.63) is 29.3 Å². The minimum Gasteiger partial charge on any atom is -0.294 e. The molecule has 0 saturated heterocycles. The fourth-order valence-corrected chi connectivity index (χ4v) is 1.53. The molecule has 1 rings (SSSR count). The normalized spacial score (nSPS) is 10.1. The summed E-state index contributed by atoms with van der Waals surface area (Å²) in [5.74, 6) is 0.420. The van der Waals surface area contributed by atoms with Crippen molar-refractivity contribution < 1.29 is 4.79 Å². The second kappa shape index (κ2) is 4.68. The lowest BCUT2D eigenvalue weighted by molar-refractivity contribution is 0.0986. The Morgan fingerprint density at radius 1 is 1.54 bits per heavy atom. The molecule has 0 atom stereocenters. The Labute approximate surface area is 88.5 Å². The Hall–Kier alpha value is -0.470. The molecule has 0 heterocycles. The van der Waals surface area contributed by atoms with Crippen molar-refractivity contribution in [3.63, 3.8) is 0 Å². The van der Waals surface area contributed by atoms with Crippen molar-refractivity contribution in [2.75, 3.05) is 5.88 Å². The van der Waals surface area contributed by atoms with Crippen LogP contribution in [0, 0.1) is 6.92 Å². The molecule has 0 saturated carbocycles. The largest absolute Gasteiger partial charge is 0.294 e. The highest BCUT2D eigenvalue weighted by Gasteiger charge is 2.08. The topological polar surface area (TPSA) is 17.1 Å². The zero-order valence-electron chi connectivity index (χ0n) is 7.38. The van der Waals surface area contributed by atoms with Gasteiger partial charge in [-0.15, -0.1) is 24.2 Å². The molecule has 0 radical (unpaired) electrons. The van der Waals surface area contributed by atoms with Crippen molar-refractivity contribution in [2.24, 2.45) is 0 Å². The van der Waals surface area contributed by atoms with E-state index in [1.165, 1.54) is 0 Å². The van der Waals surface area contributed by atoms with Gasteiger partial charge in [-0.2, -0.15) is 0 Å². The third-order valence-electron chi connectivity index (χ3n) is 1.77. The highest BCUT2D eigenvalue weighted by molar-refractivity contribution is 7.80. The minimum atomic E-state index is 0.0590. The van der Waals surface area contributed by atoms with Crippen molar-refractivity contribution in [1.29, 1.82) is 0 Å². The van der Waals surface area contributed by atoms with Crippen LogP contribution in [0.15, 0.2) is 23.1 Å². The number of alkyl halides is 1. The molecule has 3 heteroatoms. The molecule has 0 bridgehead atoms. The van der Waals surface area contributed by atoms with Gasteiger partial charge in [-0.05, 0) is 19.1 Å². The number of carbonyl (C=O) groups is 1. The van der Waals surface area contributed by atoms with Crippen LogP contribution in [-0.4, -0.2) is 11.7 Å². The van der Waals surface area contributed by atoms with Crippen LogP contribution in [0.3, 0.4) is 0 Å². The maximum Gasteiger partial charge on any atom is 0.165 e. The van der Waals surface area contributed by atoms with E-state index in [-0.39, 0.29) is 5.78 Å². The lowest BCUT2D eigenvalue weighted by atomic mass is 10.1. The highest BCUT2D eigenvalue weighted by Crippen LogP contribution is 2.17. The van der Waals surface area contributed by atoms with Crippen LogP contribution in [-0.2, 0) is 0 Å². The molecule has 0 spiro atoms. The van der Waals surface area contributed by atoms with E-state index in [4.69, 9.17) is 11.6 Å². The molecule has 70 valence electrons. The number of carbonyl (C=O) groups excluding carboxylic acids is 1. The van der Waals surface area contributed by atoms with E-state index in [2.05, 4.69) is 12.6 Å². The smallest absolute Gasteiger partial charge is 0.165 e. The summed E-state index contributed by atoms with van der Waals surface area (Å²) in [4.78, 5) is 12.2. The van der Waals surface area contributed by atoms with Crippen LogP contribution in [0.4, 0.5) is 0 Å². The predicted molar refractivity (Wildman–Crippen MR) is 58.1 cm³/mol. The van der Waals surface area contributed by atoms with E-state index in [9.17, 15) is 4.79 Å². The van der Waals surface area contributed by atoms with E-state index >= 15 is 0 Å². The zero-order chi connectivity index (χ0) is 9.84. The molecular formula is C10H11ClOS. The number of rotatable bonds is 3. The highest BCUT2D eigenvalue weighted by atomic mass is 35.5. The lowest BCUT2D eigenvalue weighted by Crippen LogP contribution is -2.01. The van der Waals surface area contributed by atoms with Gasteiger partial charge in [0.2, 0.25) is 0 Å². The summed E-state index contributed by atoms with van der Waals surface area (Å²) in [6.07, 6.45) is 0.374. The van der Waals surface area contributed by atoms with Gasteiger partial charge in [-0.3, -0.25) is 4.79 Å². The monoisotopic (exact) mass is 214 g/mol. The number of Topliss-reactive ketones (excluding diaryl/α,β-unsaturated/α-hetero) is 1. The summed E-state index contributed by atoms with van der Waals surface area (Å²) in [7, 11) is 0. The second-order valence-corrected chi connectivity index (χ2v) is 3.74. The lowest BCUT2D eigenvalue weighted by Gasteiger charge is -2.03. The zero-order valence-corrected chi connectivity index (χ0v) is 9.03. The second-order valence-electron chi connectivity index (χ2n) is 2.88. The molecule has 0 aromatic heterocycles. The van der Waals surface area contributed by atoms with Gasteiger partial charge in [-0.25, -0.2) is 0 Å². The molecule has 0 unspecified atom stereocenters. The van der Waals surface area contributed by atoms with Crippen LogP contribution < -0.4 is 0 Å². The van der Waals surface area contributed by atoms with Crippen LogP contribution in [0.25, 0.3) is 0 Å². The number of halogens is 1. The first kappa shape index (κ1) is 10.6. The van der Waals surface area contributed by atoms with Gasteiger partial charge >= 0.3 is 0 Å². The van der Waals surface area contributed by atoms with Gasteiger partial charge in [0.05, 0.1) is 0 Å². The predicted octanol–water partition coefficient (Wildman–Crippen LogP) is 3.10. The minimum absolute atomic E-state index is 0.0590. The summed E-state index contributed by atoms with van der Waals surface area (Å²) < 4.78 is 0. The van der Waals surface area contributed by atoms with Gasteiger partial charge in [0.1, 0.15) is 0 Å². The fourth-order valence-electron chi connectivity index (χ4n) is 1.09. The van der Waals surface area contributed by atoms with Crippen molar-refractivity contribution in [2.45, 2.75) is 18.2 Å². The Balaban J connectivity index is 2.99. The van der Waals surface area contributed by atoms with E-state index in [1.54, 1.807) is 0 Å². The Morgan fingerprint density at radius 3 is 2.85 bits per heavy atom. The maximum atomic E-state index is 11.5. The molecule has 0 aliphatic carbocycles. The first-order valence-corrected chi connectivity index (χ1v) is 5.02. The fraction of sp³-hybridized carbons (Fsp3) is 0.300. The number of ketones is 1. The van der Waals surface area contributed by atoms with E-state index in [1.807, 2.05) is 25.1 Å². The van der Waals surface area contributed by atoms with E-state index in [0.29, 0.717) is 17.9 Å². The first-order chi connectivity index (χ1) is 6.15.